The summed E-state index contributed by atoms with van der Waals surface area (Å²) in [5, 5.41) is 9.64. The largest absolute Gasteiger partial charge is 0.386 e. The SMILES string of the molecule is CCOCC(O)c1cc(F)ccc1Br. The van der Waals surface area contributed by atoms with E-state index in [9.17, 15) is 9.50 Å². The van der Waals surface area contributed by atoms with Gasteiger partial charge in [0.1, 0.15) is 11.9 Å². The third-order valence-corrected chi connectivity index (χ3v) is 2.52. The second-order valence-corrected chi connectivity index (χ2v) is 3.70. The molecular formula is C10H12BrFO2. The maximum atomic E-state index is 12.9. The van der Waals surface area contributed by atoms with Gasteiger partial charge in [-0.1, -0.05) is 15.9 Å². The standard InChI is InChI=1S/C10H12BrFO2/c1-2-14-6-10(13)8-5-7(12)3-4-9(8)11/h3-5,10,13H,2,6H2,1H3. The van der Waals surface area contributed by atoms with Crippen LogP contribution in [0.5, 0.6) is 0 Å². The van der Waals surface area contributed by atoms with Crippen LogP contribution in [-0.2, 0) is 4.74 Å². The first-order valence-corrected chi connectivity index (χ1v) is 5.15. The molecule has 0 aliphatic heterocycles. The lowest BCUT2D eigenvalue weighted by molar-refractivity contribution is 0.0415. The number of rotatable bonds is 4. The molecule has 4 heteroatoms. The fourth-order valence-corrected chi connectivity index (χ4v) is 1.60. The summed E-state index contributed by atoms with van der Waals surface area (Å²) in [6, 6.07) is 4.20. The molecule has 1 rings (SSSR count). The van der Waals surface area contributed by atoms with E-state index in [1.165, 1.54) is 12.1 Å². The summed E-state index contributed by atoms with van der Waals surface area (Å²) in [6.45, 7) is 2.55. The third kappa shape index (κ3) is 3.04. The minimum atomic E-state index is -0.792. The van der Waals surface area contributed by atoms with E-state index in [4.69, 9.17) is 4.74 Å². The molecule has 1 atom stereocenters. The smallest absolute Gasteiger partial charge is 0.123 e. The number of aliphatic hydroxyl groups is 1. The third-order valence-electron chi connectivity index (χ3n) is 1.80. The van der Waals surface area contributed by atoms with Crippen LogP contribution in [-0.4, -0.2) is 18.3 Å². The van der Waals surface area contributed by atoms with Crippen molar-refractivity contribution in [2.75, 3.05) is 13.2 Å². The van der Waals surface area contributed by atoms with E-state index in [0.717, 1.165) is 0 Å². The molecule has 0 saturated carbocycles. The fraction of sp³-hybridized carbons (Fsp3) is 0.400. The molecule has 0 spiro atoms. The number of ether oxygens (including phenoxy) is 1. The lowest BCUT2D eigenvalue weighted by Crippen LogP contribution is -2.08. The van der Waals surface area contributed by atoms with Gasteiger partial charge in [0.05, 0.1) is 6.61 Å². The zero-order chi connectivity index (χ0) is 10.6. The van der Waals surface area contributed by atoms with Gasteiger partial charge in [-0.3, -0.25) is 0 Å². The summed E-state index contributed by atoms with van der Waals surface area (Å²) in [4.78, 5) is 0. The van der Waals surface area contributed by atoms with Gasteiger partial charge in [-0.25, -0.2) is 4.39 Å². The van der Waals surface area contributed by atoms with Gasteiger partial charge in [-0.15, -0.1) is 0 Å². The average Bonchev–Trinajstić information content (AvgIpc) is 2.18. The first kappa shape index (κ1) is 11.6. The summed E-state index contributed by atoms with van der Waals surface area (Å²) < 4.78 is 18.6. The van der Waals surface area contributed by atoms with Crippen molar-refractivity contribution in [3.63, 3.8) is 0 Å². The van der Waals surface area contributed by atoms with Crippen LogP contribution in [0, 0.1) is 5.82 Å². The summed E-state index contributed by atoms with van der Waals surface area (Å²) in [5.74, 6) is -0.362. The van der Waals surface area contributed by atoms with Crippen molar-refractivity contribution in [3.05, 3.63) is 34.1 Å². The first-order chi connectivity index (χ1) is 6.65. The van der Waals surface area contributed by atoms with Gasteiger partial charge in [-0.2, -0.15) is 0 Å². The minimum Gasteiger partial charge on any atom is -0.386 e. The maximum Gasteiger partial charge on any atom is 0.123 e. The van der Waals surface area contributed by atoms with Crippen LogP contribution in [0.1, 0.15) is 18.6 Å². The fourth-order valence-electron chi connectivity index (χ4n) is 1.09. The van der Waals surface area contributed by atoms with Crippen molar-refractivity contribution in [1.29, 1.82) is 0 Å². The molecule has 1 aromatic rings. The Morgan fingerprint density at radius 2 is 2.29 bits per heavy atom. The van der Waals surface area contributed by atoms with Gasteiger partial charge in [0.25, 0.3) is 0 Å². The van der Waals surface area contributed by atoms with Crippen LogP contribution in [0.25, 0.3) is 0 Å². The van der Waals surface area contributed by atoms with Gasteiger partial charge in [0.15, 0.2) is 0 Å². The summed E-state index contributed by atoms with van der Waals surface area (Å²) in [5.41, 5.74) is 0.512. The van der Waals surface area contributed by atoms with Crippen LogP contribution in [0.2, 0.25) is 0 Å². The number of benzene rings is 1. The number of aliphatic hydroxyl groups excluding tert-OH is 1. The molecule has 0 amide bonds. The number of hydrogen-bond donors (Lipinski definition) is 1. The summed E-state index contributed by atoms with van der Waals surface area (Å²) in [6.07, 6.45) is -0.792. The molecule has 14 heavy (non-hydrogen) atoms. The van der Waals surface area contributed by atoms with Gasteiger partial charge < -0.3 is 9.84 Å². The highest BCUT2D eigenvalue weighted by molar-refractivity contribution is 9.10. The van der Waals surface area contributed by atoms with Crippen LogP contribution >= 0.6 is 15.9 Å². The lowest BCUT2D eigenvalue weighted by Gasteiger charge is -2.12. The number of hydrogen-bond acceptors (Lipinski definition) is 2. The van der Waals surface area contributed by atoms with E-state index in [0.29, 0.717) is 16.6 Å². The van der Waals surface area contributed by atoms with E-state index in [-0.39, 0.29) is 12.4 Å². The molecule has 2 nitrogen and oxygen atoms in total. The molecule has 0 radical (unpaired) electrons. The second-order valence-electron chi connectivity index (χ2n) is 2.84. The molecule has 1 N–H and O–H groups in total. The minimum absolute atomic E-state index is 0.179. The first-order valence-electron chi connectivity index (χ1n) is 4.36. The monoisotopic (exact) mass is 262 g/mol. The topological polar surface area (TPSA) is 29.5 Å². The molecule has 0 heterocycles. The van der Waals surface area contributed by atoms with Crippen molar-refractivity contribution in [2.45, 2.75) is 13.0 Å². The highest BCUT2D eigenvalue weighted by atomic mass is 79.9. The van der Waals surface area contributed by atoms with Crippen molar-refractivity contribution in [1.82, 2.24) is 0 Å². The van der Waals surface area contributed by atoms with Gasteiger partial charge >= 0.3 is 0 Å². The van der Waals surface area contributed by atoms with Gasteiger partial charge in [-0.05, 0) is 30.7 Å². The molecular weight excluding hydrogens is 251 g/mol. The van der Waals surface area contributed by atoms with Crippen LogP contribution in [0.4, 0.5) is 4.39 Å². The normalized spacial score (nSPS) is 12.9. The maximum absolute atomic E-state index is 12.9. The van der Waals surface area contributed by atoms with Crippen LogP contribution in [0.15, 0.2) is 22.7 Å². The Morgan fingerprint density at radius 3 is 2.93 bits per heavy atom. The Labute approximate surface area is 90.8 Å². The second kappa shape index (κ2) is 5.44. The molecule has 78 valence electrons. The molecule has 0 fully saturated rings. The predicted octanol–water partition coefficient (Wildman–Crippen LogP) is 2.66. The van der Waals surface area contributed by atoms with Crippen molar-refractivity contribution in [2.24, 2.45) is 0 Å². The van der Waals surface area contributed by atoms with Gasteiger partial charge in [0, 0.05) is 11.1 Å². The molecule has 0 saturated heterocycles. The van der Waals surface area contributed by atoms with E-state index < -0.39 is 6.10 Å². The molecule has 0 aliphatic rings. The Balaban J connectivity index is 2.77. The van der Waals surface area contributed by atoms with E-state index in [1.807, 2.05) is 6.92 Å². The number of halogens is 2. The summed E-state index contributed by atoms with van der Waals surface area (Å²) in [7, 11) is 0. The Bertz CT molecular complexity index is 304. The Hall–Kier alpha value is -0.450. The zero-order valence-electron chi connectivity index (χ0n) is 7.84. The Kier molecular flexibility index (Phi) is 4.51. The highest BCUT2D eigenvalue weighted by Gasteiger charge is 2.11. The quantitative estimate of drug-likeness (QED) is 0.904. The van der Waals surface area contributed by atoms with Crippen LogP contribution in [0.3, 0.4) is 0 Å². The average molecular weight is 263 g/mol. The highest BCUT2D eigenvalue weighted by Crippen LogP contribution is 2.24. The van der Waals surface area contributed by atoms with Crippen molar-refractivity contribution < 1.29 is 14.2 Å². The van der Waals surface area contributed by atoms with Crippen molar-refractivity contribution >= 4 is 15.9 Å². The molecule has 0 aromatic heterocycles. The van der Waals surface area contributed by atoms with Crippen LogP contribution < -0.4 is 0 Å². The van der Waals surface area contributed by atoms with E-state index in [1.54, 1.807) is 6.07 Å². The van der Waals surface area contributed by atoms with Crippen molar-refractivity contribution in [3.8, 4) is 0 Å². The zero-order valence-corrected chi connectivity index (χ0v) is 9.42. The van der Waals surface area contributed by atoms with E-state index >= 15 is 0 Å². The molecule has 1 aromatic carbocycles. The molecule has 1 unspecified atom stereocenters. The predicted molar refractivity (Wildman–Crippen MR) is 55.6 cm³/mol. The molecule has 0 aliphatic carbocycles. The lowest BCUT2D eigenvalue weighted by atomic mass is 10.1. The van der Waals surface area contributed by atoms with Gasteiger partial charge in [0.2, 0.25) is 0 Å². The Morgan fingerprint density at radius 1 is 1.57 bits per heavy atom. The summed E-state index contributed by atoms with van der Waals surface area (Å²) >= 11 is 3.24. The molecule has 0 bridgehead atoms. The van der Waals surface area contributed by atoms with E-state index in [2.05, 4.69) is 15.9 Å².